The third-order valence-electron chi connectivity index (χ3n) is 4.93. The molecule has 0 aliphatic carbocycles. The quantitative estimate of drug-likeness (QED) is 0.272. The predicted octanol–water partition coefficient (Wildman–Crippen LogP) is 5.60. The van der Waals surface area contributed by atoms with E-state index in [0.29, 0.717) is 12.1 Å². The summed E-state index contributed by atoms with van der Waals surface area (Å²) in [5.74, 6) is 1.54. The van der Waals surface area contributed by atoms with Gasteiger partial charge < -0.3 is 9.88 Å². The Balaban J connectivity index is 1.40. The minimum atomic E-state index is -0.119. The van der Waals surface area contributed by atoms with Gasteiger partial charge in [0, 0.05) is 30.0 Å². The van der Waals surface area contributed by atoms with Gasteiger partial charge in [0.25, 0.3) is 5.91 Å². The second kappa shape index (κ2) is 10.6. The van der Waals surface area contributed by atoms with Gasteiger partial charge in [0.2, 0.25) is 0 Å². The molecular formula is C26H24N4OS. The Morgan fingerprint density at radius 1 is 0.906 bits per heavy atom. The molecule has 1 heterocycles. The first-order valence-corrected chi connectivity index (χ1v) is 11.4. The molecule has 0 aliphatic rings. The number of nitrogens with one attached hydrogen (secondary N) is 1. The highest BCUT2D eigenvalue weighted by Crippen LogP contribution is 2.23. The average molecular weight is 441 g/mol. The molecule has 6 heteroatoms. The van der Waals surface area contributed by atoms with Crippen LogP contribution in [0.25, 0.3) is 0 Å². The van der Waals surface area contributed by atoms with E-state index in [9.17, 15) is 4.79 Å². The summed E-state index contributed by atoms with van der Waals surface area (Å²) in [5.41, 5.74) is 3.72. The Morgan fingerprint density at radius 2 is 1.59 bits per heavy atom. The molecule has 0 unspecified atom stereocenters. The number of carbonyl (C=O) groups is 1. The molecule has 4 aromatic rings. The molecule has 0 saturated heterocycles. The number of anilines is 1. The van der Waals surface area contributed by atoms with Crippen LogP contribution < -0.4 is 5.32 Å². The Labute approximate surface area is 192 Å². The minimum absolute atomic E-state index is 0.119. The topological polar surface area (TPSA) is 59.8 Å². The van der Waals surface area contributed by atoms with Crippen LogP contribution in [0.1, 0.15) is 27.3 Å². The van der Waals surface area contributed by atoms with Crippen molar-refractivity contribution in [3.8, 4) is 0 Å². The third kappa shape index (κ3) is 5.53. The number of thioether (sulfide) groups is 1. The fraction of sp³-hybridized carbons (Fsp3) is 0.115. The maximum Gasteiger partial charge on any atom is 0.255 e. The zero-order valence-corrected chi connectivity index (χ0v) is 18.5. The lowest BCUT2D eigenvalue weighted by Gasteiger charge is -2.08. The van der Waals surface area contributed by atoms with Crippen molar-refractivity contribution in [3.63, 3.8) is 0 Å². The molecule has 3 aromatic carbocycles. The first-order chi connectivity index (χ1) is 15.7. The van der Waals surface area contributed by atoms with Crippen molar-refractivity contribution >= 4 is 23.4 Å². The normalized spacial score (nSPS) is 10.6. The molecule has 0 saturated carbocycles. The van der Waals surface area contributed by atoms with Crippen LogP contribution in [-0.2, 0) is 18.7 Å². The Hall–Kier alpha value is -3.64. The number of hydrogen-bond acceptors (Lipinski definition) is 4. The van der Waals surface area contributed by atoms with Crippen molar-refractivity contribution in [2.24, 2.45) is 0 Å². The fourth-order valence-electron chi connectivity index (χ4n) is 3.27. The molecule has 0 bridgehead atoms. The number of rotatable bonds is 9. The minimum Gasteiger partial charge on any atom is -0.322 e. The molecule has 1 amide bonds. The molecule has 0 aliphatic heterocycles. The van der Waals surface area contributed by atoms with Crippen molar-refractivity contribution < 1.29 is 4.79 Å². The summed E-state index contributed by atoms with van der Waals surface area (Å²) in [4.78, 5) is 12.4. The second-order valence-electron chi connectivity index (χ2n) is 7.27. The van der Waals surface area contributed by atoms with Gasteiger partial charge in [0.05, 0.1) is 0 Å². The number of benzene rings is 3. The molecule has 32 heavy (non-hydrogen) atoms. The SMILES string of the molecule is C=CCn1c(Cc2ccccc2)nnc1SCc1ccc(C(=O)Nc2ccccc2)cc1. The first kappa shape index (κ1) is 21.6. The highest BCUT2D eigenvalue weighted by molar-refractivity contribution is 7.98. The van der Waals surface area contributed by atoms with Crippen LogP contribution >= 0.6 is 11.8 Å². The van der Waals surface area contributed by atoms with Gasteiger partial charge in [0.15, 0.2) is 5.16 Å². The van der Waals surface area contributed by atoms with Crippen molar-refractivity contribution in [2.45, 2.75) is 23.9 Å². The van der Waals surface area contributed by atoms with E-state index in [0.717, 1.165) is 34.4 Å². The van der Waals surface area contributed by atoms with Gasteiger partial charge in [0.1, 0.15) is 5.82 Å². The molecule has 0 atom stereocenters. The van der Waals surface area contributed by atoms with E-state index in [1.807, 2.05) is 78.9 Å². The van der Waals surface area contributed by atoms with E-state index >= 15 is 0 Å². The highest BCUT2D eigenvalue weighted by Gasteiger charge is 2.13. The number of aromatic nitrogens is 3. The summed E-state index contributed by atoms with van der Waals surface area (Å²) >= 11 is 1.63. The number of amides is 1. The molecule has 160 valence electrons. The second-order valence-corrected chi connectivity index (χ2v) is 8.21. The van der Waals surface area contributed by atoms with Crippen LogP contribution in [0.15, 0.2) is 103 Å². The van der Waals surface area contributed by atoms with Crippen LogP contribution in [0, 0.1) is 0 Å². The highest BCUT2D eigenvalue weighted by atomic mass is 32.2. The monoisotopic (exact) mass is 440 g/mol. The zero-order chi connectivity index (χ0) is 22.2. The lowest BCUT2D eigenvalue weighted by Crippen LogP contribution is -2.11. The van der Waals surface area contributed by atoms with Gasteiger partial charge in [-0.2, -0.15) is 0 Å². The van der Waals surface area contributed by atoms with E-state index in [1.165, 1.54) is 5.56 Å². The average Bonchev–Trinajstić information content (AvgIpc) is 3.20. The Kier molecular flexibility index (Phi) is 7.15. The standard InChI is InChI=1S/C26H24N4OS/c1-2-17-30-24(18-20-9-5-3-6-10-20)28-29-26(30)32-19-21-13-15-22(16-14-21)25(31)27-23-11-7-4-8-12-23/h2-16H,1,17-19H2,(H,27,31). The van der Waals surface area contributed by atoms with Crippen LogP contribution in [0.2, 0.25) is 0 Å². The summed E-state index contributed by atoms with van der Waals surface area (Å²) in [7, 11) is 0. The van der Waals surface area contributed by atoms with E-state index in [1.54, 1.807) is 11.8 Å². The van der Waals surface area contributed by atoms with Crippen molar-refractivity contribution in [1.29, 1.82) is 0 Å². The molecule has 0 fully saturated rings. The first-order valence-electron chi connectivity index (χ1n) is 10.4. The molecule has 0 spiro atoms. The Bertz CT molecular complexity index is 1170. The van der Waals surface area contributed by atoms with Crippen LogP contribution in [0.4, 0.5) is 5.69 Å². The summed E-state index contributed by atoms with van der Waals surface area (Å²) in [5, 5.41) is 12.6. The fourth-order valence-corrected chi connectivity index (χ4v) is 4.19. The van der Waals surface area contributed by atoms with E-state index in [4.69, 9.17) is 0 Å². The smallest absolute Gasteiger partial charge is 0.255 e. The molecule has 4 rings (SSSR count). The van der Waals surface area contributed by atoms with Gasteiger partial charge in [-0.25, -0.2) is 0 Å². The van der Waals surface area contributed by atoms with Gasteiger partial charge in [-0.1, -0.05) is 78.5 Å². The van der Waals surface area contributed by atoms with Gasteiger partial charge in [-0.05, 0) is 35.4 Å². The summed E-state index contributed by atoms with van der Waals surface area (Å²) < 4.78 is 2.10. The van der Waals surface area contributed by atoms with Crippen molar-refractivity contribution in [2.75, 3.05) is 5.32 Å². The molecule has 1 N–H and O–H groups in total. The van der Waals surface area contributed by atoms with Crippen molar-refractivity contribution in [3.05, 3.63) is 120 Å². The van der Waals surface area contributed by atoms with Gasteiger partial charge >= 0.3 is 0 Å². The van der Waals surface area contributed by atoms with E-state index < -0.39 is 0 Å². The number of para-hydroxylation sites is 1. The van der Waals surface area contributed by atoms with Gasteiger partial charge in [-0.15, -0.1) is 16.8 Å². The van der Waals surface area contributed by atoms with E-state index in [2.05, 4.69) is 38.8 Å². The molecule has 5 nitrogen and oxygen atoms in total. The lowest BCUT2D eigenvalue weighted by atomic mass is 10.1. The molecule has 1 aromatic heterocycles. The largest absolute Gasteiger partial charge is 0.322 e. The van der Waals surface area contributed by atoms with Crippen LogP contribution in [0.5, 0.6) is 0 Å². The predicted molar refractivity (Wildman–Crippen MR) is 130 cm³/mol. The van der Waals surface area contributed by atoms with Gasteiger partial charge in [-0.3, -0.25) is 4.79 Å². The van der Waals surface area contributed by atoms with E-state index in [-0.39, 0.29) is 5.91 Å². The maximum atomic E-state index is 12.4. The number of nitrogens with zero attached hydrogens (tertiary/aromatic N) is 3. The number of carbonyl (C=O) groups excluding carboxylic acids is 1. The summed E-state index contributed by atoms with van der Waals surface area (Å²) in [6.07, 6.45) is 2.59. The molecular weight excluding hydrogens is 416 g/mol. The summed E-state index contributed by atoms with van der Waals surface area (Å²) in [6, 6.07) is 27.4. The lowest BCUT2D eigenvalue weighted by molar-refractivity contribution is 0.102. The van der Waals surface area contributed by atoms with Crippen LogP contribution in [0.3, 0.4) is 0 Å². The number of allylic oxidation sites excluding steroid dienone is 1. The summed E-state index contributed by atoms with van der Waals surface area (Å²) in [6.45, 7) is 4.54. The third-order valence-corrected chi connectivity index (χ3v) is 5.96. The Morgan fingerprint density at radius 3 is 2.28 bits per heavy atom. The number of hydrogen-bond donors (Lipinski definition) is 1. The molecule has 0 radical (unpaired) electrons. The van der Waals surface area contributed by atoms with Crippen LogP contribution in [-0.4, -0.2) is 20.7 Å². The van der Waals surface area contributed by atoms with Crippen molar-refractivity contribution in [1.82, 2.24) is 14.8 Å². The zero-order valence-electron chi connectivity index (χ0n) is 17.6. The maximum absolute atomic E-state index is 12.4.